The second-order valence-electron chi connectivity index (χ2n) is 4.58. The SMILES string of the molecule is C=C(C)CC(NCCC)c1ccc(C)cc1. The lowest BCUT2D eigenvalue weighted by molar-refractivity contribution is 0.528. The molecule has 1 N–H and O–H groups in total. The van der Waals surface area contributed by atoms with Crippen molar-refractivity contribution < 1.29 is 0 Å². The lowest BCUT2D eigenvalue weighted by Gasteiger charge is -2.19. The third kappa shape index (κ3) is 4.19. The maximum absolute atomic E-state index is 4.01. The fraction of sp³-hybridized carbons (Fsp3) is 0.467. The maximum atomic E-state index is 4.01. The predicted molar refractivity (Wildman–Crippen MR) is 71.6 cm³/mol. The van der Waals surface area contributed by atoms with Gasteiger partial charge >= 0.3 is 0 Å². The van der Waals surface area contributed by atoms with E-state index in [4.69, 9.17) is 0 Å². The number of benzene rings is 1. The van der Waals surface area contributed by atoms with Gasteiger partial charge in [0.1, 0.15) is 0 Å². The number of nitrogens with one attached hydrogen (secondary N) is 1. The van der Waals surface area contributed by atoms with E-state index in [1.807, 2.05) is 0 Å². The topological polar surface area (TPSA) is 12.0 Å². The van der Waals surface area contributed by atoms with Gasteiger partial charge in [-0.3, -0.25) is 0 Å². The molecule has 0 heterocycles. The van der Waals surface area contributed by atoms with Gasteiger partial charge in [0.05, 0.1) is 0 Å². The normalized spacial score (nSPS) is 12.4. The van der Waals surface area contributed by atoms with Crippen LogP contribution in [0.1, 0.15) is 43.9 Å². The average molecular weight is 217 g/mol. The Hall–Kier alpha value is -1.08. The van der Waals surface area contributed by atoms with Crippen LogP contribution in [0.15, 0.2) is 36.4 Å². The van der Waals surface area contributed by atoms with Gasteiger partial charge in [0.15, 0.2) is 0 Å². The Morgan fingerprint density at radius 1 is 1.31 bits per heavy atom. The first-order valence-electron chi connectivity index (χ1n) is 6.07. The van der Waals surface area contributed by atoms with Gasteiger partial charge in [0.2, 0.25) is 0 Å². The molecule has 0 aliphatic carbocycles. The highest BCUT2D eigenvalue weighted by atomic mass is 14.9. The summed E-state index contributed by atoms with van der Waals surface area (Å²) < 4.78 is 0. The molecule has 0 spiro atoms. The van der Waals surface area contributed by atoms with Gasteiger partial charge in [0, 0.05) is 6.04 Å². The van der Waals surface area contributed by atoms with Crippen LogP contribution < -0.4 is 5.32 Å². The molecule has 0 aliphatic rings. The van der Waals surface area contributed by atoms with E-state index in [0.29, 0.717) is 6.04 Å². The molecular weight excluding hydrogens is 194 g/mol. The van der Waals surface area contributed by atoms with Gasteiger partial charge in [-0.15, -0.1) is 6.58 Å². The fourth-order valence-electron chi connectivity index (χ4n) is 1.77. The van der Waals surface area contributed by atoms with Crippen LogP contribution in [0.2, 0.25) is 0 Å². The molecule has 0 amide bonds. The van der Waals surface area contributed by atoms with E-state index in [9.17, 15) is 0 Å². The Kier molecular flexibility index (Phi) is 5.27. The Balaban J connectivity index is 2.74. The molecule has 0 bridgehead atoms. The molecule has 1 rings (SSSR count). The van der Waals surface area contributed by atoms with Crippen molar-refractivity contribution in [1.82, 2.24) is 5.32 Å². The molecule has 0 saturated carbocycles. The van der Waals surface area contributed by atoms with Crippen LogP contribution in [0.25, 0.3) is 0 Å². The van der Waals surface area contributed by atoms with Crippen LogP contribution in [0.5, 0.6) is 0 Å². The zero-order valence-electron chi connectivity index (χ0n) is 10.7. The highest BCUT2D eigenvalue weighted by Gasteiger charge is 2.09. The van der Waals surface area contributed by atoms with Gasteiger partial charge in [-0.2, -0.15) is 0 Å². The molecule has 1 atom stereocenters. The van der Waals surface area contributed by atoms with Crippen molar-refractivity contribution >= 4 is 0 Å². The first-order chi connectivity index (χ1) is 7.63. The lowest BCUT2D eigenvalue weighted by Crippen LogP contribution is -2.22. The van der Waals surface area contributed by atoms with Crippen LogP contribution in [0.4, 0.5) is 0 Å². The third-order valence-electron chi connectivity index (χ3n) is 2.67. The monoisotopic (exact) mass is 217 g/mol. The smallest absolute Gasteiger partial charge is 0.0357 e. The van der Waals surface area contributed by atoms with Gasteiger partial charge in [-0.25, -0.2) is 0 Å². The summed E-state index contributed by atoms with van der Waals surface area (Å²) in [6.07, 6.45) is 2.18. The zero-order valence-corrected chi connectivity index (χ0v) is 10.7. The molecule has 1 heteroatoms. The van der Waals surface area contributed by atoms with Crippen molar-refractivity contribution in [2.75, 3.05) is 6.54 Å². The van der Waals surface area contributed by atoms with E-state index < -0.39 is 0 Å². The van der Waals surface area contributed by atoms with Crippen LogP contribution >= 0.6 is 0 Å². The summed E-state index contributed by atoms with van der Waals surface area (Å²) in [4.78, 5) is 0. The summed E-state index contributed by atoms with van der Waals surface area (Å²) in [5.74, 6) is 0. The molecule has 0 radical (unpaired) electrons. The fourth-order valence-corrected chi connectivity index (χ4v) is 1.77. The van der Waals surface area contributed by atoms with Crippen LogP contribution in [0, 0.1) is 6.92 Å². The van der Waals surface area contributed by atoms with E-state index in [-0.39, 0.29) is 0 Å². The first kappa shape index (κ1) is 13.0. The summed E-state index contributed by atoms with van der Waals surface area (Å²) in [7, 11) is 0. The summed E-state index contributed by atoms with van der Waals surface area (Å²) in [5.41, 5.74) is 3.91. The Morgan fingerprint density at radius 2 is 1.94 bits per heavy atom. The molecule has 0 aromatic heterocycles. The van der Waals surface area contributed by atoms with E-state index in [1.54, 1.807) is 0 Å². The Bertz CT molecular complexity index is 324. The lowest BCUT2D eigenvalue weighted by atomic mass is 9.99. The molecule has 88 valence electrons. The summed E-state index contributed by atoms with van der Waals surface area (Å²) in [6, 6.07) is 9.19. The predicted octanol–water partition coefficient (Wildman–Crippen LogP) is 4.00. The van der Waals surface area contributed by atoms with Crippen molar-refractivity contribution in [3.63, 3.8) is 0 Å². The highest BCUT2D eigenvalue weighted by Crippen LogP contribution is 2.20. The number of aryl methyl sites for hydroxylation is 1. The van der Waals surface area contributed by atoms with Gasteiger partial charge in [-0.05, 0) is 38.8 Å². The summed E-state index contributed by atoms with van der Waals surface area (Å²) >= 11 is 0. The van der Waals surface area contributed by atoms with E-state index >= 15 is 0 Å². The highest BCUT2D eigenvalue weighted by molar-refractivity contribution is 5.25. The Morgan fingerprint density at radius 3 is 2.44 bits per heavy atom. The minimum atomic E-state index is 0.415. The molecule has 1 aromatic carbocycles. The Labute approximate surface area is 99.6 Å². The van der Waals surface area contributed by atoms with Crippen molar-refractivity contribution in [1.29, 1.82) is 0 Å². The third-order valence-corrected chi connectivity index (χ3v) is 2.67. The number of hydrogen-bond acceptors (Lipinski definition) is 1. The van der Waals surface area contributed by atoms with Crippen molar-refractivity contribution in [2.45, 2.75) is 39.7 Å². The molecule has 0 saturated heterocycles. The van der Waals surface area contributed by atoms with Gasteiger partial charge in [0.25, 0.3) is 0 Å². The van der Waals surface area contributed by atoms with Crippen molar-refractivity contribution in [2.24, 2.45) is 0 Å². The molecule has 0 fully saturated rings. The van der Waals surface area contributed by atoms with E-state index in [1.165, 1.54) is 23.1 Å². The van der Waals surface area contributed by atoms with Crippen LogP contribution in [-0.2, 0) is 0 Å². The van der Waals surface area contributed by atoms with Crippen molar-refractivity contribution in [3.05, 3.63) is 47.5 Å². The first-order valence-corrected chi connectivity index (χ1v) is 6.07. The van der Waals surface area contributed by atoms with Gasteiger partial charge in [-0.1, -0.05) is 42.3 Å². The largest absolute Gasteiger partial charge is 0.310 e. The molecule has 1 aromatic rings. The van der Waals surface area contributed by atoms with E-state index in [2.05, 4.69) is 56.9 Å². The van der Waals surface area contributed by atoms with E-state index in [0.717, 1.165) is 13.0 Å². The van der Waals surface area contributed by atoms with Gasteiger partial charge < -0.3 is 5.32 Å². The second kappa shape index (κ2) is 6.49. The maximum Gasteiger partial charge on any atom is 0.0357 e. The standard InChI is InChI=1S/C15H23N/c1-5-10-16-15(11-12(2)3)14-8-6-13(4)7-9-14/h6-9,15-16H,2,5,10-11H2,1,3-4H3. The molecule has 1 nitrogen and oxygen atoms in total. The minimum Gasteiger partial charge on any atom is -0.310 e. The van der Waals surface area contributed by atoms with Crippen LogP contribution in [-0.4, -0.2) is 6.54 Å². The summed E-state index contributed by atoms with van der Waals surface area (Å²) in [5, 5.41) is 3.58. The zero-order chi connectivity index (χ0) is 12.0. The molecule has 1 unspecified atom stereocenters. The van der Waals surface area contributed by atoms with Crippen LogP contribution in [0.3, 0.4) is 0 Å². The number of hydrogen-bond donors (Lipinski definition) is 1. The molecule has 0 aliphatic heterocycles. The number of rotatable bonds is 6. The quantitative estimate of drug-likeness (QED) is 0.710. The average Bonchev–Trinajstić information content (AvgIpc) is 2.25. The molecule has 16 heavy (non-hydrogen) atoms. The van der Waals surface area contributed by atoms with Crippen molar-refractivity contribution in [3.8, 4) is 0 Å². The summed E-state index contributed by atoms with van der Waals surface area (Å²) in [6.45, 7) is 11.5. The minimum absolute atomic E-state index is 0.415. The second-order valence-corrected chi connectivity index (χ2v) is 4.58. The molecular formula is C15H23N.